The number of pyridine rings is 2. The summed E-state index contributed by atoms with van der Waals surface area (Å²) in [6, 6.07) is 3.05. The molecule has 0 bridgehead atoms. The van der Waals surface area contributed by atoms with Gasteiger partial charge in [-0.05, 0) is 51.5 Å². The quantitative estimate of drug-likeness (QED) is 0.115. The second kappa shape index (κ2) is 18.1. The van der Waals surface area contributed by atoms with Crippen LogP contribution in [0.4, 0.5) is 52.7 Å². The first-order valence-electron chi connectivity index (χ1n) is 17.1. The van der Waals surface area contributed by atoms with Gasteiger partial charge in [0.05, 0.1) is 24.2 Å². The van der Waals surface area contributed by atoms with Crippen LogP contribution in [0.3, 0.4) is 0 Å². The van der Waals surface area contributed by atoms with E-state index in [1.165, 1.54) is 19.9 Å². The number of fused-ring (bicyclic) bond motifs is 2. The molecule has 60 heavy (non-hydrogen) atoms. The number of rotatable bonds is 11. The lowest BCUT2D eigenvalue weighted by atomic mass is 10.1. The van der Waals surface area contributed by atoms with Gasteiger partial charge in [0.2, 0.25) is 5.82 Å². The molecule has 0 aliphatic heterocycles. The van der Waals surface area contributed by atoms with E-state index in [0.717, 1.165) is 46.7 Å². The zero-order chi connectivity index (χ0) is 45.0. The summed E-state index contributed by atoms with van der Waals surface area (Å²) in [6.45, 7) is 7.06. The van der Waals surface area contributed by atoms with Crippen molar-refractivity contribution in [3.05, 3.63) is 71.3 Å². The lowest BCUT2D eigenvalue weighted by molar-refractivity contribution is -0.252. The van der Waals surface area contributed by atoms with E-state index in [4.69, 9.17) is 0 Å². The minimum atomic E-state index is -4.70. The Morgan fingerprint density at radius 2 is 1.27 bits per heavy atom. The number of aryl methyl sites for hydroxylation is 2. The third-order valence-corrected chi connectivity index (χ3v) is 7.65. The average Bonchev–Trinajstić information content (AvgIpc) is 3.81. The molecule has 26 heteroatoms. The molecule has 0 aliphatic carbocycles. The Labute approximate surface area is 330 Å². The highest BCUT2D eigenvalue weighted by atomic mass is 19.4. The molecule has 6 aromatic rings. The van der Waals surface area contributed by atoms with Gasteiger partial charge in [-0.2, -0.15) is 53.5 Å². The van der Waals surface area contributed by atoms with Gasteiger partial charge in [-0.15, -0.1) is 20.4 Å². The second-order valence-electron chi connectivity index (χ2n) is 11.8. The first-order valence-corrected chi connectivity index (χ1v) is 17.1. The zero-order valence-electron chi connectivity index (χ0n) is 32.1. The van der Waals surface area contributed by atoms with Gasteiger partial charge in [0.15, 0.2) is 35.6 Å². The van der Waals surface area contributed by atoms with Crippen molar-refractivity contribution in [1.29, 1.82) is 0 Å². The van der Waals surface area contributed by atoms with Crippen LogP contribution >= 0.6 is 0 Å². The summed E-state index contributed by atoms with van der Waals surface area (Å²) < 4.78 is 178. The normalized spacial score (nSPS) is 12.8. The van der Waals surface area contributed by atoms with Crippen molar-refractivity contribution in [2.75, 3.05) is 20.3 Å². The molecule has 14 nitrogen and oxygen atoms in total. The van der Waals surface area contributed by atoms with Crippen LogP contribution in [0.5, 0.6) is 11.8 Å². The summed E-state index contributed by atoms with van der Waals surface area (Å²) in [5, 5.41) is 18.0. The van der Waals surface area contributed by atoms with E-state index in [1.807, 2.05) is 13.8 Å². The summed E-state index contributed by atoms with van der Waals surface area (Å²) in [4.78, 5) is 11.1. The van der Waals surface area contributed by atoms with Gasteiger partial charge in [-0.3, -0.25) is 9.38 Å². The SMILES string of the molecule is CC.CCOC(F)(F)c1nnc2cnc(-c3cnc(O[C@@H](C)C(F)(F)F)c(F)c3)c(C)n12.COC(F)(F)c1nnc2cc(C)c(-c3cnc(OCC(F)(F)F)c(F)c3)nn12. The maximum Gasteiger partial charge on any atom is 0.425 e. The molecular weight excluding hydrogens is 840 g/mol. The van der Waals surface area contributed by atoms with Gasteiger partial charge < -0.3 is 18.9 Å². The smallest absolute Gasteiger partial charge is 0.425 e. The Hall–Kier alpha value is -5.92. The molecule has 326 valence electrons. The fourth-order valence-electron chi connectivity index (χ4n) is 4.92. The third kappa shape index (κ3) is 10.4. The molecule has 1 atom stereocenters. The first kappa shape index (κ1) is 46.8. The predicted octanol–water partition coefficient (Wildman–Crippen LogP) is 8.35. The highest BCUT2D eigenvalue weighted by Crippen LogP contribution is 2.33. The number of ether oxygens (including phenoxy) is 4. The molecule has 0 spiro atoms. The minimum absolute atomic E-state index is 0.00184. The fourth-order valence-corrected chi connectivity index (χ4v) is 4.92. The lowest BCUT2D eigenvalue weighted by Crippen LogP contribution is -2.31. The van der Waals surface area contributed by atoms with E-state index >= 15 is 0 Å². The zero-order valence-corrected chi connectivity index (χ0v) is 32.1. The second-order valence-corrected chi connectivity index (χ2v) is 11.8. The molecule has 6 heterocycles. The van der Waals surface area contributed by atoms with Crippen molar-refractivity contribution in [2.45, 2.75) is 72.2 Å². The summed E-state index contributed by atoms with van der Waals surface area (Å²) in [5.74, 6) is -5.74. The van der Waals surface area contributed by atoms with Crippen LogP contribution in [0.2, 0.25) is 0 Å². The van der Waals surface area contributed by atoms with Crippen molar-refractivity contribution in [1.82, 2.24) is 49.4 Å². The Bertz CT molecular complexity index is 2420. The third-order valence-electron chi connectivity index (χ3n) is 7.65. The van der Waals surface area contributed by atoms with Crippen LogP contribution in [0.25, 0.3) is 33.8 Å². The Morgan fingerprint density at radius 1 is 0.700 bits per heavy atom. The number of hydrogen-bond donors (Lipinski definition) is 0. The standard InChI is InChI=1S/C17H15F6N5O2.C15H11F6N5O2.C2H6/c1-4-29-17(22,23)15-27-26-12-7-24-13(8(2)28(12)15)10-5-11(18)14(25-6-10)30-9(3)16(19,20)21;1-7-3-10-23-24-13(15(20,21)27-2)26(10)25-11(7)8-4-9(16)12(22-5-8)28-6-14(17,18)19;1-2/h5-7,9H,4H2,1-3H3;3-5H,6H2,1-2H3;1-2H3/t9-;;/m0../s1. The highest BCUT2D eigenvalue weighted by Gasteiger charge is 2.41. The topological polar surface area (TPSA) is 149 Å². The summed E-state index contributed by atoms with van der Waals surface area (Å²) in [5.41, 5.74) is 0.647. The largest absolute Gasteiger partial charge is 0.466 e. The van der Waals surface area contributed by atoms with E-state index in [0.29, 0.717) is 12.5 Å². The number of alkyl halides is 10. The molecule has 0 aromatic carbocycles. The van der Waals surface area contributed by atoms with Crippen molar-refractivity contribution in [3.8, 4) is 34.3 Å². The minimum Gasteiger partial charge on any atom is -0.466 e. The molecule has 0 radical (unpaired) electrons. The van der Waals surface area contributed by atoms with Crippen molar-refractivity contribution < 1.29 is 71.6 Å². The van der Waals surface area contributed by atoms with Crippen molar-refractivity contribution in [3.63, 3.8) is 0 Å². The van der Waals surface area contributed by atoms with Crippen LogP contribution < -0.4 is 9.47 Å². The van der Waals surface area contributed by atoms with Crippen LogP contribution in [0.1, 0.15) is 50.6 Å². The maximum absolute atomic E-state index is 14.3. The highest BCUT2D eigenvalue weighted by molar-refractivity contribution is 5.65. The van der Waals surface area contributed by atoms with Gasteiger partial charge in [-0.25, -0.2) is 18.7 Å². The van der Waals surface area contributed by atoms with Crippen LogP contribution in [0.15, 0.2) is 36.8 Å². The lowest BCUT2D eigenvalue weighted by Gasteiger charge is -2.17. The number of hydrogen-bond acceptors (Lipinski definition) is 12. The Morgan fingerprint density at radius 3 is 1.82 bits per heavy atom. The van der Waals surface area contributed by atoms with Crippen molar-refractivity contribution >= 4 is 11.3 Å². The molecule has 0 N–H and O–H groups in total. The van der Waals surface area contributed by atoms with Gasteiger partial charge in [0, 0.05) is 36.3 Å². The van der Waals surface area contributed by atoms with E-state index in [9.17, 15) is 52.7 Å². The van der Waals surface area contributed by atoms with Crippen LogP contribution in [-0.4, -0.2) is 88.1 Å². The number of nitrogens with zero attached hydrogens (tertiary/aromatic N) is 10. The monoisotopic (exact) mass is 872 g/mol. The molecule has 0 fully saturated rings. The summed E-state index contributed by atoms with van der Waals surface area (Å²) in [6.07, 6.45) is -16.0. The van der Waals surface area contributed by atoms with E-state index in [1.54, 1.807) is 6.92 Å². The van der Waals surface area contributed by atoms with Crippen LogP contribution in [-0.2, 0) is 21.7 Å². The maximum atomic E-state index is 14.3. The van der Waals surface area contributed by atoms with Gasteiger partial charge in [0.25, 0.3) is 17.6 Å². The molecule has 0 saturated carbocycles. The van der Waals surface area contributed by atoms with E-state index in [2.05, 4.69) is 59.4 Å². The molecule has 0 amide bonds. The molecule has 0 aliphatic rings. The van der Waals surface area contributed by atoms with Crippen LogP contribution in [0, 0.1) is 25.5 Å². The molecule has 0 unspecified atom stereocenters. The van der Waals surface area contributed by atoms with Crippen molar-refractivity contribution in [2.24, 2.45) is 0 Å². The number of aromatic nitrogens is 10. The van der Waals surface area contributed by atoms with Gasteiger partial charge in [-0.1, -0.05) is 13.8 Å². The number of halogens is 12. The average molecular weight is 873 g/mol. The molecule has 6 aromatic heterocycles. The Kier molecular flexibility index (Phi) is 14.1. The molecule has 6 rings (SSSR count). The van der Waals surface area contributed by atoms with E-state index < -0.39 is 72.3 Å². The first-order chi connectivity index (χ1) is 28.0. The summed E-state index contributed by atoms with van der Waals surface area (Å²) >= 11 is 0. The molecular formula is C34H32F12N10O4. The predicted molar refractivity (Wildman–Crippen MR) is 183 cm³/mol. The Balaban J connectivity index is 0.000000255. The van der Waals surface area contributed by atoms with Gasteiger partial charge in [0.1, 0.15) is 0 Å². The van der Waals surface area contributed by atoms with Gasteiger partial charge >= 0.3 is 24.6 Å². The molecule has 0 saturated heterocycles. The fraction of sp³-hybridized carbons (Fsp3) is 0.412. The number of methoxy groups -OCH3 is 1. The summed E-state index contributed by atoms with van der Waals surface area (Å²) in [7, 11) is 0.773. The van der Waals surface area contributed by atoms with E-state index in [-0.39, 0.29) is 46.1 Å².